The Balaban J connectivity index is 2.11. The molecule has 0 aromatic heterocycles. The van der Waals surface area contributed by atoms with Crippen molar-refractivity contribution >= 4 is 11.7 Å². The second-order valence-electron chi connectivity index (χ2n) is 3.95. The zero-order chi connectivity index (χ0) is 12.3. The maximum Gasteiger partial charge on any atom is 0.358 e. The van der Waals surface area contributed by atoms with Crippen LogP contribution in [0.25, 0.3) is 0 Å². The van der Waals surface area contributed by atoms with Crippen molar-refractivity contribution in [1.29, 1.82) is 0 Å². The second-order valence-corrected chi connectivity index (χ2v) is 3.95. The number of hydrogen-bond donors (Lipinski definition) is 1. The molecule has 2 unspecified atom stereocenters. The number of aliphatic hydroxyl groups excluding tert-OH is 1. The molecule has 0 amide bonds. The van der Waals surface area contributed by atoms with Crippen molar-refractivity contribution in [1.82, 2.24) is 5.01 Å². The predicted octanol–water partition coefficient (Wildman–Crippen LogP) is 0.232. The lowest BCUT2D eigenvalue weighted by Crippen LogP contribution is -2.44. The van der Waals surface area contributed by atoms with E-state index in [1.165, 1.54) is 24.3 Å². The first-order valence-corrected chi connectivity index (χ1v) is 5.65. The maximum absolute atomic E-state index is 11.3. The van der Waals surface area contributed by atoms with Gasteiger partial charge in [-0.25, -0.2) is 9.80 Å². The van der Waals surface area contributed by atoms with Crippen LogP contribution in [-0.4, -0.2) is 48.0 Å². The van der Waals surface area contributed by atoms with E-state index in [-0.39, 0.29) is 11.9 Å². The lowest BCUT2D eigenvalue weighted by molar-refractivity contribution is -0.138. The first-order valence-electron chi connectivity index (χ1n) is 5.65. The monoisotopic (exact) mass is 240 g/mol. The Bertz CT molecular complexity index is 347. The van der Waals surface area contributed by atoms with Crippen molar-refractivity contribution in [3.05, 3.63) is 12.2 Å². The molecule has 0 aromatic rings. The van der Waals surface area contributed by atoms with Gasteiger partial charge in [-0.2, -0.15) is 5.10 Å². The highest BCUT2D eigenvalue weighted by Crippen LogP contribution is 2.21. The summed E-state index contributed by atoms with van der Waals surface area (Å²) in [5.41, 5.74) is 0.173. The van der Waals surface area contributed by atoms with Gasteiger partial charge in [-0.1, -0.05) is 0 Å². The molecule has 1 fully saturated rings. The van der Waals surface area contributed by atoms with Crippen LogP contribution in [0.5, 0.6) is 0 Å². The van der Waals surface area contributed by atoms with E-state index in [0.717, 1.165) is 19.3 Å². The molecule has 2 aliphatic heterocycles. The van der Waals surface area contributed by atoms with E-state index in [1.807, 2.05) is 0 Å². The molecule has 0 radical (unpaired) electrons. The third kappa shape index (κ3) is 2.65. The topological polar surface area (TPSA) is 71.4 Å². The van der Waals surface area contributed by atoms with Crippen molar-refractivity contribution in [2.75, 3.05) is 13.7 Å². The van der Waals surface area contributed by atoms with Crippen LogP contribution in [0, 0.1) is 0 Å². The fourth-order valence-corrected chi connectivity index (χ4v) is 1.86. The quantitative estimate of drug-likeness (QED) is 0.700. The minimum atomic E-state index is -0.855. The summed E-state index contributed by atoms with van der Waals surface area (Å²) in [6, 6.07) is 0. The van der Waals surface area contributed by atoms with Gasteiger partial charge in [0, 0.05) is 6.61 Å². The Kier molecular flexibility index (Phi) is 3.75. The fourth-order valence-electron chi connectivity index (χ4n) is 1.86. The zero-order valence-corrected chi connectivity index (χ0v) is 9.70. The summed E-state index contributed by atoms with van der Waals surface area (Å²) in [6.07, 6.45) is 4.66. The minimum absolute atomic E-state index is 0.173. The predicted molar refractivity (Wildman–Crippen MR) is 60.0 cm³/mol. The smallest absolute Gasteiger partial charge is 0.358 e. The molecule has 1 N–H and O–H groups in total. The SMILES string of the molecule is COC(=O)C1=NN(C2CCCCO2)C(O)C=C1. The van der Waals surface area contributed by atoms with Gasteiger partial charge in [0.25, 0.3) is 0 Å². The molecule has 0 aromatic carbocycles. The van der Waals surface area contributed by atoms with E-state index >= 15 is 0 Å². The minimum Gasteiger partial charge on any atom is -0.464 e. The fraction of sp³-hybridized carbons (Fsp3) is 0.636. The number of nitrogens with zero attached hydrogens (tertiary/aromatic N) is 2. The van der Waals surface area contributed by atoms with Crippen LogP contribution in [0.15, 0.2) is 17.3 Å². The van der Waals surface area contributed by atoms with Gasteiger partial charge in [0.05, 0.1) is 7.11 Å². The van der Waals surface area contributed by atoms with Crippen LogP contribution in [0.4, 0.5) is 0 Å². The van der Waals surface area contributed by atoms with E-state index in [9.17, 15) is 9.90 Å². The summed E-state index contributed by atoms with van der Waals surface area (Å²) in [4.78, 5) is 11.3. The molecule has 2 aliphatic rings. The van der Waals surface area contributed by atoms with Crippen LogP contribution in [-0.2, 0) is 14.3 Å². The largest absolute Gasteiger partial charge is 0.464 e. The Morgan fingerprint density at radius 2 is 2.47 bits per heavy atom. The molecule has 2 rings (SSSR count). The van der Waals surface area contributed by atoms with Gasteiger partial charge >= 0.3 is 5.97 Å². The third-order valence-corrected chi connectivity index (χ3v) is 2.77. The van der Waals surface area contributed by atoms with Crippen molar-refractivity contribution < 1.29 is 19.4 Å². The van der Waals surface area contributed by atoms with Gasteiger partial charge < -0.3 is 14.6 Å². The number of esters is 1. The van der Waals surface area contributed by atoms with Crippen LogP contribution >= 0.6 is 0 Å². The summed E-state index contributed by atoms with van der Waals surface area (Å²) >= 11 is 0. The molecule has 2 atom stereocenters. The molecule has 94 valence electrons. The number of rotatable bonds is 2. The van der Waals surface area contributed by atoms with E-state index in [1.54, 1.807) is 0 Å². The molecule has 0 spiro atoms. The first kappa shape index (κ1) is 12.1. The summed E-state index contributed by atoms with van der Waals surface area (Å²) in [7, 11) is 1.30. The Labute approximate surface area is 99.5 Å². The van der Waals surface area contributed by atoms with Gasteiger partial charge in [0.1, 0.15) is 6.23 Å². The highest BCUT2D eigenvalue weighted by molar-refractivity contribution is 6.41. The Morgan fingerprint density at radius 3 is 3.12 bits per heavy atom. The normalized spacial score (nSPS) is 28.8. The van der Waals surface area contributed by atoms with Crippen molar-refractivity contribution in [2.24, 2.45) is 5.10 Å². The van der Waals surface area contributed by atoms with Crippen molar-refractivity contribution in [2.45, 2.75) is 31.7 Å². The van der Waals surface area contributed by atoms with Crippen LogP contribution in [0.1, 0.15) is 19.3 Å². The van der Waals surface area contributed by atoms with Gasteiger partial charge in [-0.05, 0) is 31.4 Å². The molecule has 2 heterocycles. The number of hydrazone groups is 1. The number of carbonyl (C=O) groups is 1. The second kappa shape index (κ2) is 5.29. The van der Waals surface area contributed by atoms with Gasteiger partial charge in [-0.15, -0.1) is 0 Å². The lowest BCUT2D eigenvalue weighted by Gasteiger charge is -2.35. The average molecular weight is 240 g/mol. The van der Waals surface area contributed by atoms with Gasteiger partial charge in [-0.3, -0.25) is 0 Å². The van der Waals surface area contributed by atoms with Gasteiger partial charge in [0.15, 0.2) is 11.9 Å². The van der Waals surface area contributed by atoms with Crippen LogP contribution in [0.2, 0.25) is 0 Å². The van der Waals surface area contributed by atoms with E-state index in [2.05, 4.69) is 9.84 Å². The number of ether oxygens (including phenoxy) is 2. The molecular weight excluding hydrogens is 224 g/mol. The molecule has 6 nitrogen and oxygen atoms in total. The van der Waals surface area contributed by atoms with Crippen LogP contribution < -0.4 is 0 Å². The summed E-state index contributed by atoms with van der Waals surface area (Å²) in [6.45, 7) is 0.653. The van der Waals surface area contributed by atoms with E-state index < -0.39 is 12.2 Å². The summed E-state index contributed by atoms with van der Waals surface area (Å²) < 4.78 is 10.1. The molecule has 1 saturated heterocycles. The Morgan fingerprint density at radius 1 is 1.65 bits per heavy atom. The number of aliphatic hydroxyl groups is 1. The van der Waals surface area contributed by atoms with Gasteiger partial charge in [0.2, 0.25) is 0 Å². The highest BCUT2D eigenvalue weighted by atomic mass is 16.5. The molecule has 17 heavy (non-hydrogen) atoms. The third-order valence-electron chi connectivity index (χ3n) is 2.77. The van der Waals surface area contributed by atoms with E-state index in [4.69, 9.17) is 4.74 Å². The Hall–Kier alpha value is -1.40. The molecule has 6 heteroatoms. The molecule has 0 bridgehead atoms. The number of methoxy groups -OCH3 is 1. The van der Waals surface area contributed by atoms with E-state index in [0.29, 0.717) is 6.61 Å². The van der Waals surface area contributed by atoms with Crippen LogP contribution in [0.3, 0.4) is 0 Å². The van der Waals surface area contributed by atoms with Crippen molar-refractivity contribution in [3.63, 3.8) is 0 Å². The van der Waals surface area contributed by atoms with Crippen molar-refractivity contribution in [3.8, 4) is 0 Å². The lowest BCUT2D eigenvalue weighted by atomic mass is 10.1. The number of carbonyl (C=O) groups excluding carboxylic acids is 1. The number of hydrogen-bond acceptors (Lipinski definition) is 6. The zero-order valence-electron chi connectivity index (χ0n) is 9.70. The first-order chi connectivity index (χ1) is 8.22. The average Bonchev–Trinajstić information content (AvgIpc) is 2.39. The maximum atomic E-state index is 11.3. The molecular formula is C11H16N2O4. The summed E-state index contributed by atoms with van der Waals surface area (Å²) in [5, 5.41) is 15.3. The molecule has 0 aliphatic carbocycles. The highest BCUT2D eigenvalue weighted by Gasteiger charge is 2.28. The summed E-state index contributed by atoms with van der Waals surface area (Å²) in [5.74, 6) is -0.519. The standard InChI is InChI=1S/C11H16N2O4/c1-16-11(15)8-5-6-9(14)13(12-8)10-4-2-3-7-17-10/h5-6,9-10,14H,2-4,7H2,1H3. The molecule has 0 saturated carbocycles.